The van der Waals surface area contributed by atoms with Gasteiger partial charge in [-0.2, -0.15) is 0 Å². The van der Waals surface area contributed by atoms with Crippen LogP contribution in [-0.2, 0) is 32.7 Å². The van der Waals surface area contributed by atoms with Crippen LogP contribution in [0.4, 0.5) is 0 Å². The highest BCUT2D eigenvalue weighted by molar-refractivity contribution is 7.47. The number of unbranched alkanes of at least 4 members (excludes halogenated alkanes) is 20. The second kappa shape index (κ2) is 34.2. The summed E-state index contributed by atoms with van der Waals surface area (Å²) >= 11 is 0. The average Bonchev–Trinajstić information content (AvgIpc) is 3.07. The molecule has 48 heavy (non-hydrogen) atoms. The zero-order valence-electron chi connectivity index (χ0n) is 30.5. The topological polar surface area (TPSA) is 149 Å². The van der Waals surface area contributed by atoms with Gasteiger partial charge in [-0.15, -0.1) is 0 Å². The fourth-order valence-corrected chi connectivity index (χ4v) is 5.99. The van der Waals surface area contributed by atoms with Gasteiger partial charge in [0.05, 0.1) is 26.4 Å². The fraction of sp³-hybridized carbons (Fsp3) is 0.892. The molecule has 0 aromatic rings. The Hall–Kier alpha value is -1.29. The van der Waals surface area contributed by atoms with Gasteiger partial charge in [-0.1, -0.05) is 135 Å². The summed E-state index contributed by atoms with van der Waals surface area (Å²) < 4.78 is 31.9. The number of hydrogen-bond acceptors (Lipinski definition) is 9. The molecule has 0 saturated carbocycles. The zero-order valence-corrected chi connectivity index (χ0v) is 31.4. The molecular weight excluding hydrogens is 635 g/mol. The van der Waals surface area contributed by atoms with Gasteiger partial charge in [0.1, 0.15) is 12.2 Å². The van der Waals surface area contributed by atoms with Crippen LogP contribution in [0.15, 0.2) is 12.2 Å². The molecule has 0 aromatic heterocycles. The van der Waals surface area contributed by atoms with Crippen LogP contribution < -0.4 is 0 Å². The smallest absolute Gasteiger partial charge is 0.457 e. The number of carbonyl (C=O) groups is 2. The van der Waals surface area contributed by atoms with Crippen LogP contribution in [0.3, 0.4) is 0 Å². The van der Waals surface area contributed by atoms with Crippen LogP contribution in [0, 0.1) is 0 Å². The highest BCUT2D eigenvalue weighted by atomic mass is 31.2. The number of aliphatic hydroxyl groups excluding tert-OH is 2. The van der Waals surface area contributed by atoms with Gasteiger partial charge in [0.2, 0.25) is 0 Å². The van der Waals surface area contributed by atoms with Crippen LogP contribution in [0.25, 0.3) is 0 Å². The average molecular weight is 707 g/mol. The van der Waals surface area contributed by atoms with Crippen molar-refractivity contribution >= 4 is 19.8 Å². The number of hydrogen-bond donors (Lipinski definition) is 3. The first-order chi connectivity index (χ1) is 23.3. The van der Waals surface area contributed by atoms with E-state index in [1.54, 1.807) is 0 Å². The Morgan fingerprint density at radius 1 is 0.542 bits per heavy atom. The van der Waals surface area contributed by atoms with Crippen molar-refractivity contribution in [2.75, 3.05) is 26.4 Å². The summed E-state index contributed by atoms with van der Waals surface area (Å²) in [5.74, 6) is -1.05. The molecule has 284 valence electrons. The van der Waals surface area contributed by atoms with Crippen LogP contribution in [0.1, 0.15) is 174 Å². The van der Waals surface area contributed by atoms with E-state index in [1.165, 1.54) is 109 Å². The SMILES string of the molecule is CCCCCCCCCC/C=C\CCCCCCCCCCCCCC(=O)OC(CO)COP(=O)(O)OCC(CO)OC(=O)CCCC. The molecule has 0 spiro atoms. The van der Waals surface area contributed by atoms with Gasteiger partial charge in [0.25, 0.3) is 0 Å². The largest absolute Gasteiger partial charge is 0.472 e. The van der Waals surface area contributed by atoms with Gasteiger partial charge in [-0.05, 0) is 38.5 Å². The van der Waals surface area contributed by atoms with Gasteiger partial charge in [-0.25, -0.2) is 4.57 Å². The Labute approximate surface area is 292 Å². The minimum Gasteiger partial charge on any atom is -0.457 e. The second-order valence-electron chi connectivity index (χ2n) is 12.9. The number of ether oxygens (including phenoxy) is 2. The fourth-order valence-electron chi connectivity index (χ4n) is 5.20. The standard InChI is InChI=1S/C37H71O10P/c1-3-5-7-8-9-10-11-12-13-14-15-16-17-18-19-20-21-22-23-24-25-26-27-29-37(41)47-35(31-39)33-45-48(42,43)44-32-34(30-38)46-36(40)28-6-4-2/h14-15,34-35,38-39H,3-13,16-33H2,1-2H3,(H,42,43)/b15-14-. The van der Waals surface area contributed by atoms with Crippen LogP contribution in [-0.4, -0.2) is 65.7 Å². The Kier molecular flexibility index (Phi) is 33.3. The van der Waals surface area contributed by atoms with Gasteiger partial charge in [0.15, 0.2) is 0 Å². The van der Waals surface area contributed by atoms with Gasteiger partial charge in [-0.3, -0.25) is 18.6 Å². The molecule has 0 heterocycles. The maximum Gasteiger partial charge on any atom is 0.472 e. The Balaban J connectivity index is 3.71. The first-order valence-electron chi connectivity index (χ1n) is 19.1. The van der Waals surface area contributed by atoms with Crippen molar-refractivity contribution in [3.8, 4) is 0 Å². The first-order valence-corrected chi connectivity index (χ1v) is 20.6. The summed E-state index contributed by atoms with van der Waals surface area (Å²) in [6, 6.07) is 0. The number of rotatable bonds is 36. The van der Waals surface area contributed by atoms with Crippen LogP contribution >= 0.6 is 7.82 Å². The lowest BCUT2D eigenvalue weighted by Gasteiger charge is -2.20. The zero-order chi connectivity index (χ0) is 35.6. The lowest BCUT2D eigenvalue weighted by atomic mass is 10.0. The monoisotopic (exact) mass is 706 g/mol. The third-order valence-corrected chi connectivity index (χ3v) is 9.18. The van der Waals surface area contributed by atoms with E-state index < -0.39 is 58.4 Å². The molecule has 0 amide bonds. The van der Waals surface area contributed by atoms with E-state index in [2.05, 4.69) is 19.1 Å². The molecule has 3 unspecified atom stereocenters. The summed E-state index contributed by atoms with van der Waals surface area (Å²) in [5, 5.41) is 18.8. The van der Waals surface area contributed by atoms with Crippen molar-refractivity contribution in [2.24, 2.45) is 0 Å². The van der Waals surface area contributed by atoms with Crippen molar-refractivity contribution < 1.29 is 47.8 Å². The van der Waals surface area contributed by atoms with E-state index in [0.717, 1.165) is 25.7 Å². The molecule has 3 N–H and O–H groups in total. The molecular formula is C37H71O10P. The van der Waals surface area contributed by atoms with Crippen LogP contribution in [0.5, 0.6) is 0 Å². The van der Waals surface area contributed by atoms with Crippen molar-refractivity contribution in [1.29, 1.82) is 0 Å². The molecule has 0 fully saturated rings. The number of carbonyl (C=O) groups excluding carboxylic acids is 2. The second-order valence-corrected chi connectivity index (χ2v) is 14.4. The van der Waals surface area contributed by atoms with E-state index in [1.807, 2.05) is 6.92 Å². The lowest BCUT2D eigenvalue weighted by Crippen LogP contribution is -2.28. The van der Waals surface area contributed by atoms with Crippen molar-refractivity contribution in [1.82, 2.24) is 0 Å². The number of allylic oxidation sites excluding steroid dienone is 2. The maximum absolute atomic E-state index is 12.2. The van der Waals surface area contributed by atoms with E-state index >= 15 is 0 Å². The molecule has 0 aromatic carbocycles. The number of aliphatic hydroxyl groups is 2. The molecule has 0 aliphatic heterocycles. The normalized spacial score (nSPS) is 14.2. The van der Waals surface area contributed by atoms with E-state index in [4.69, 9.17) is 18.5 Å². The van der Waals surface area contributed by atoms with E-state index in [9.17, 15) is 29.3 Å². The highest BCUT2D eigenvalue weighted by Crippen LogP contribution is 2.43. The lowest BCUT2D eigenvalue weighted by molar-refractivity contribution is -0.153. The van der Waals surface area contributed by atoms with Gasteiger partial charge < -0.3 is 24.6 Å². The summed E-state index contributed by atoms with van der Waals surface area (Å²) in [4.78, 5) is 33.7. The maximum atomic E-state index is 12.2. The van der Waals surface area contributed by atoms with E-state index in [0.29, 0.717) is 12.8 Å². The number of phosphoric acid groups is 1. The summed E-state index contributed by atoms with van der Waals surface area (Å²) in [6.45, 7) is 1.91. The number of phosphoric ester groups is 1. The quantitative estimate of drug-likeness (QED) is 0.0249. The third-order valence-electron chi connectivity index (χ3n) is 8.23. The highest BCUT2D eigenvalue weighted by Gasteiger charge is 2.27. The molecule has 3 atom stereocenters. The minimum atomic E-state index is -4.60. The van der Waals surface area contributed by atoms with E-state index in [-0.39, 0.29) is 12.8 Å². The summed E-state index contributed by atoms with van der Waals surface area (Å²) in [5.41, 5.74) is 0. The summed E-state index contributed by atoms with van der Waals surface area (Å²) in [7, 11) is -4.60. The van der Waals surface area contributed by atoms with Gasteiger partial charge in [0, 0.05) is 12.8 Å². The third kappa shape index (κ3) is 31.9. The van der Waals surface area contributed by atoms with Crippen molar-refractivity contribution in [3.63, 3.8) is 0 Å². The molecule has 10 nitrogen and oxygen atoms in total. The molecule has 11 heteroatoms. The molecule has 0 aliphatic rings. The Morgan fingerprint density at radius 3 is 1.25 bits per heavy atom. The predicted molar refractivity (Wildman–Crippen MR) is 192 cm³/mol. The Bertz CT molecular complexity index is 822. The van der Waals surface area contributed by atoms with Crippen molar-refractivity contribution in [3.05, 3.63) is 12.2 Å². The molecule has 0 bridgehead atoms. The molecule has 0 radical (unpaired) electrons. The predicted octanol–water partition coefficient (Wildman–Crippen LogP) is 9.28. The van der Waals surface area contributed by atoms with Gasteiger partial charge >= 0.3 is 19.8 Å². The molecule has 0 saturated heterocycles. The number of esters is 2. The first kappa shape index (κ1) is 46.7. The van der Waals surface area contributed by atoms with Crippen LogP contribution in [0.2, 0.25) is 0 Å². The van der Waals surface area contributed by atoms with Crippen molar-refractivity contribution in [2.45, 2.75) is 187 Å². The minimum absolute atomic E-state index is 0.169. The summed E-state index contributed by atoms with van der Waals surface area (Å²) in [6.07, 6.45) is 30.6. The molecule has 0 aliphatic carbocycles. The Morgan fingerprint density at radius 2 is 0.875 bits per heavy atom. The molecule has 0 rings (SSSR count).